The second-order valence-electron chi connectivity index (χ2n) is 5.49. The van der Waals surface area contributed by atoms with Crippen molar-refractivity contribution in [3.05, 3.63) is 59.9 Å². The van der Waals surface area contributed by atoms with Gasteiger partial charge in [-0.25, -0.2) is 0 Å². The van der Waals surface area contributed by atoms with E-state index in [9.17, 15) is 0 Å². The fourth-order valence-electron chi connectivity index (χ4n) is 2.24. The third-order valence-electron chi connectivity index (χ3n) is 3.58. The molecule has 0 aliphatic heterocycles. The van der Waals surface area contributed by atoms with Crippen LogP contribution in [0.3, 0.4) is 0 Å². The number of rotatable bonds is 6. The summed E-state index contributed by atoms with van der Waals surface area (Å²) in [5, 5.41) is 0. The monoisotopic (exact) mass is 281 g/mol. The van der Waals surface area contributed by atoms with Crippen LogP contribution in [0.1, 0.15) is 31.0 Å². The molecule has 0 aliphatic rings. The average Bonchev–Trinajstić information content (AvgIpc) is 2.52. The van der Waals surface area contributed by atoms with E-state index in [1.807, 2.05) is 0 Å². The summed E-state index contributed by atoms with van der Waals surface area (Å²) < 4.78 is 2.31. The summed E-state index contributed by atoms with van der Waals surface area (Å²) in [6, 6.07) is 15.0. The minimum absolute atomic E-state index is 1.08. The van der Waals surface area contributed by atoms with Gasteiger partial charge in [-0.05, 0) is 29.8 Å². The summed E-state index contributed by atoms with van der Waals surface area (Å²) in [4.78, 5) is 2.11. The smallest absolute Gasteiger partial charge is 0.205 e. The molecule has 0 amide bonds. The van der Waals surface area contributed by atoms with Gasteiger partial charge < -0.3 is 4.90 Å². The van der Waals surface area contributed by atoms with Crippen molar-refractivity contribution in [2.45, 2.75) is 26.3 Å². The standard InChI is InChI=1S/C19H25N2/c1-4-5-15-21-16-7-6-8-19(21)14-11-17-9-12-18(13-10-17)20(2)3/h6-14,16H,4-5,15H2,1-3H3/q+1. The Labute approximate surface area is 128 Å². The maximum Gasteiger partial charge on any atom is 0.205 e. The third kappa shape index (κ3) is 4.45. The molecule has 110 valence electrons. The highest BCUT2D eigenvalue weighted by atomic mass is 15.1. The Bertz CT molecular complexity index is 583. The second-order valence-corrected chi connectivity index (χ2v) is 5.49. The molecule has 0 aliphatic carbocycles. The molecule has 1 aromatic carbocycles. The number of nitrogens with zero attached hydrogens (tertiary/aromatic N) is 2. The van der Waals surface area contributed by atoms with Crippen LogP contribution in [0.2, 0.25) is 0 Å². The number of benzene rings is 1. The average molecular weight is 281 g/mol. The fourth-order valence-corrected chi connectivity index (χ4v) is 2.24. The quantitative estimate of drug-likeness (QED) is 0.726. The Balaban J connectivity index is 2.13. The Morgan fingerprint density at radius 1 is 1.00 bits per heavy atom. The van der Waals surface area contributed by atoms with Crippen molar-refractivity contribution in [2.24, 2.45) is 0 Å². The molecule has 1 aromatic heterocycles. The number of unbranched alkanes of at least 4 members (excludes halogenated alkanes) is 1. The largest absolute Gasteiger partial charge is 0.378 e. The van der Waals surface area contributed by atoms with E-state index in [0.29, 0.717) is 0 Å². The van der Waals surface area contributed by atoms with Crippen LogP contribution in [0.25, 0.3) is 12.2 Å². The Kier molecular flexibility index (Phi) is 5.56. The van der Waals surface area contributed by atoms with E-state index >= 15 is 0 Å². The van der Waals surface area contributed by atoms with Crippen LogP contribution >= 0.6 is 0 Å². The summed E-state index contributed by atoms with van der Waals surface area (Å²) in [5.41, 5.74) is 3.71. The fraction of sp³-hybridized carbons (Fsp3) is 0.316. The van der Waals surface area contributed by atoms with Gasteiger partial charge in [0.15, 0.2) is 6.20 Å². The summed E-state index contributed by atoms with van der Waals surface area (Å²) >= 11 is 0. The SMILES string of the molecule is CCCC[n+]1ccccc1/C=C/c1ccc(N(C)C)cc1. The third-order valence-corrected chi connectivity index (χ3v) is 3.58. The molecular formula is C19H25N2+. The Morgan fingerprint density at radius 2 is 1.76 bits per heavy atom. The molecule has 0 spiro atoms. The lowest BCUT2D eigenvalue weighted by Gasteiger charge is -2.11. The van der Waals surface area contributed by atoms with Gasteiger partial charge in [0, 0.05) is 44.4 Å². The number of anilines is 1. The highest BCUT2D eigenvalue weighted by Gasteiger charge is 2.04. The van der Waals surface area contributed by atoms with Crippen LogP contribution < -0.4 is 9.47 Å². The first-order valence-electron chi connectivity index (χ1n) is 7.64. The summed E-state index contributed by atoms with van der Waals surface area (Å²) in [6.45, 7) is 3.31. The molecule has 0 atom stereocenters. The highest BCUT2D eigenvalue weighted by molar-refractivity contribution is 5.68. The van der Waals surface area contributed by atoms with Gasteiger partial charge in [-0.2, -0.15) is 4.57 Å². The molecule has 2 rings (SSSR count). The van der Waals surface area contributed by atoms with Gasteiger partial charge in [0.25, 0.3) is 0 Å². The molecule has 2 heteroatoms. The lowest BCUT2D eigenvalue weighted by Crippen LogP contribution is -2.36. The van der Waals surface area contributed by atoms with E-state index in [-0.39, 0.29) is 0 Å². The maximum atomic E-state index is 2.31. The number of hydrogen-bond donors (Lipinski definition) is 0. The molecule has 0 unspecified atom stereocenters. The van der Waals surface area contributed by atoms with Crippen LogP contribution in [0.15, 0.2) is 48.7 Å². The zero-order valence-corrected chi connectivity index (χ0v) is 13.3. The van der Waals surface area contributed by atoms with Gasteiger partial charge in [0.2, 0.25) is 5.69 Å². The molecule has 2 nitrogen and oxygen atoms in total. The van der Waals surface area contributed by atoms with Crippen molar-refractivity contribution in [1.29, 1.82) is 0 Å². The van der Waals surface area contributed by atoms with Crippen molar-refractivity contribution in [2.75, 3.05) is 19.0 Å². The normalized spacial score (nSPS) is 11.0. The van der Waals surface area contributed by atoms with Gasteiger partial charge in [0.05, 0.1) is 0 Å². The zero-order valence-electron chi connectivity index (χ0n) is 13.3. The lowest BCUT2D eigenvalue weighted by molar-refractivity contribution is -0.699. The van der Waals surface area contributed by atoms with Crippen molar-refractivity contribution >= 4 is 17.8 Å². The first-order valence-corrected chi connectivity index (χ1v) is 7.64. The van der Waals surface area contributed by atoms with Gasteiger partial charge >= 0.3 is 0 Å². The first kappa shape index (κ1) is 15.3. The minimum Gasteiger partial charge on any atom is -0.378 e. The van der Waals surface area contributed by atoms with E-state index in [1.165, 1.54) is 29.8 Å². The van der Waals surface area contributed by atoms with Gasteiger partial charge in [-0.15, -0.1) is 0 Å². The topological polar surface area (TPSA) is 7.12 Å². The predicted molar refractivity (Wildman–Crippen MR) is 91.2 cm³/mol. The molecule has 1 heterocycles. The predicted octanol–water partition coefficient (Wildman–Crippen LogP) is 4.01. The van der Waals surface area contributed by atoms with Gasteiger partial charge in [0.1, 0.15) is 6.54 Å². The van der Waals surface area contributed by atoms with Crippen molar-refractivity contribution in [1.82, 2.24) is 0 Å². The number of pyridine rings is 1. The molecule has 0 bridgehead atoms. The van der Waals surface area contributed by atoms with E-state index in [1.54, 1.807) is 0 Å². The zero-order chi connectivity index (χ0) is 15.1. The summed E-state index contributed by atoms with van der Waals surface area (Å²) in [6.07, 6.45) is 8.96. The second kappa shape index (κ2) is 7.63. The number of aryl methyl sites for hydroxylation is 1. The Morgan fingerprint density at radius 3 is 2.43 bits per heavy atom. The summed E-state index contributed by atoms with van der Waals surface area (Å²) in [5.74, 6) is 0. The lowest BCUT2D eigenvalue weighted by atomic mass is 10.1. The Hall–Kier alpha value is -2.09. The van der Waals surface area contributed by atoms with Crippen LogP contribution in [-0.4, -0.2) is 14.1 Å². The molecule has 0 saturated heterocycles. The number of hydrogen-bond acceptors (Lipinski definition) is 1. The maximum absolute atomic E-state index is 2.31. The molecule has 0 saturated carbocycles. The van der Waals surface area contributed by atoms with Crippen molar-refractivity contribution < 1.29 is 4.57 Å². The first-order chi connectivity index (χ1) is 10.2. The molecule has 0 fully saturated rings. The van der Waals surface area contributed by atoms with Crippen LogP contribution in [0.4, 0.5) is 5.69 Å². The highest BCUT2D eigenvalue weighted by Crippen LogP contribution is 2.14. The molecule has 0 radical (unpaired) electrons. The van der Waals surface area contributed by atoms with E-state index in [4.69, 9.17) is 0 Å². The van der Waals surface area contributed by atoms with E-state index < -0.39 is 0 Å². The van der Waals surface area contributed by atoms with E-state index in [0.717, 1.165) is 6.54 Å². The van der Waals surface area contributed by atoms with Crippen molar-refractivity contribution in [3.63, 3.8) is 0 Å². The van der Waals surface area contributed by atoms with Crippen LogP contribution in [0, 0.1) is 0 Å². The molecule has 21 heavy (non-hydrogen) atoms. The summed E-state index contributed by atoms with van der Waals surface area (Å²) in [7, 11) is 4.12. The van der Waals surface area contributed by atoms with Crippen LogP contribution in [0.5, 0.6) is 0 Å². The molecule has 0 N–H and O–H groups in total. The number of aromatic nitrogens is 1. The van der Waals surface area contributed by atoms with E-state index in [2.05, 4.69) is 91.3 Å². The molecule has 2 aromatic rings. The van der Waals surface area contributed by atoms with Crippen molar-refractivity contribution in [3.8, 4) is 0 Å². The molecular weight excluding hydrogens is 256 g/mol. The van der Waals surface area contributed by atoms with Crippen LogP contribution in [-0.2, 0) is 6.54 Å². The minimum atomic E-state index is 1.08. The van der Waals surface area contributed by atoms with Gasteiger partial charge in [-0.1, -0.05) is 25.5 Å². The van der Waals surface area contributed by atoms with Gasteiger partial charge in [-0.3, -0.25) is 0 Å².